The topological polar surface area (TPSA) is 61.8 Å². The van der Waals surface area contributed by atoms with Crippen LogP contribution in [-0.4, -0.2) is 43.3 Å². The van der Waals surface area contributed by atoms with Gasteiger partial charge in [0.15, 0.2) is 0 Å². The molecule has 0 radical (unpaired) electrons. The van der Waals surface area contributed by atoms with Gasteiger partial charge in [0.1, 0.15) is 0 Å². The molecule has 0 atom stereocenters. The number of benzene rings is 2. The molecule has 0 amide bonds. The second-order valence-electron chi connectivity index (χ2n) is 5.24. The van der Waals surface area contributed by atoms with Crippen molar-refractivity contribution in [3.8, 4) is 11.5 Å². The van der Waals surface area contributed by atoms with Gasteiger partial charge in [-0.2, -0.15) is 0 Å². The zero-order valence-electron chi connectivity index (χ0n) is 13.3. The Morgan fingerprint density at radius 1 is 0.714 bits per heavy atom. The van der Waals surface area contributed by atoms with E-state index in [1.807, 2.05) is 0 Å². The first kappa shape index (κ1) is 20.3. The molecule has 0 N–H and O–H groups in total. The van der Waals surface area contributed by atoms with E-state index >= 15 is 0 Å². The molecule has 0 spiro atoms. The second-order valence-corrected chi connectivity index (χ2v) is 11.6. The Labute approximate surface area is 157 Å². The van der Waals surface area contributed by atoms with Gasteiger partial charge in [-0.15, -0.1) is 0 Å². The summed E-state index contributed by atoms with van der Waals surface area (Å²) >= 11 is -5.86. The summed E-state index contributed by atoms with van der Waals surface area (Å²) in [6.07, 6.45) is -11.0. The maximum absolute atomic E-state index is 12.9. The van der Waals surface area contributed by atoms with Gasteiger partial charge in [-0.05, 0) is 0 Å². The van der Waals surface area contributed by atoms with Gasteiger partial charge in [-0.3, -0.25) is 0 Å². The summed E-state index contributed by atoms with van der Waals surface area (Å²) in [5.74, 6) is -5.88. The Morgan fingerprint density at radius 3 is 1.43 bits per heavy atom. The van der Waals surface area contributed by atoms with Gasteiger partial charge in [-0.1, -0.05) is 0 Å². The van der Waals surface area contributed by atoms with Crippen LogP contribution in [0.15, 0.2) is 48.5 Å². The van der Waals surface area contributed by atoms with Gasteiger partial charge < -0.3 is 0 Å². The molecule has 1 aliphatic rings. The van der Waals surface area contributed by atoms with E-state index in [-0.39, 0.29) is 18.7 Å². The van der Waals surface area contributed by atoms with Crippen LogP contribution in [0.25, 0.3) is 0 Å². The quantitative estimate of drug-likeness (QED) is 0.449. The number of alkyl halides is 6. The average molecular weight is 522 g/mol. The van der Waals surface area contributed by atoms with Crippen molar-refractivity contribution in [2.45, 2.75) is 12.4 Å². The Balaban J connectivity index is 2.26. The van der Waals surface area contributed by atoms with Crippen molar-refractivity contribution < 1.29 is 46.9 Å². The van der Waals surface area contributed by atoms with Gasteiger partial charge >= 0.3 is 157 Å². The number of fused-ring (bicyclic) bond motifs is 2. The van der Waals surface area contributed by atoms with Gasteiger partial charge in [-0.25, -0.2) is 0 Å². The van der Waals surface area contributed by atoms with Crippen LogP contribution in [0.4, 0.5) is 26.3 Å². The molecule has 1 aliphatic heterocycles. The van der Waals surface area contributed by atoms with E-state index in [1.54, 1.807) is 0 Å². The van der Waals surface area contributed by atoms with Crippen molar-refractivity contribution in [3.05, 3.63) is 48.5 Å². The number of rotatable bonds is 2. The normalized spacial score (nSPS) is 16.1. The predicted molar refractivity (Wildman–Crippen MR) is 82.3 cm³/mol. The minimum atomic E-state index is -5.86. The SMILES string of the molecule is O=C(O[Te]1(OC(=O)C(F)(F)F)c2ccccc2Oc2ccccc21)C(F)(F)F. The molecule has 0 saturated carbocycles. The van der Waals surface area contributed by atoms with Crippen LogP contribution in [0, 0.1) is 0 Å². The molecule has 28 heavy (non-hydrogen) atoms. The van der Waals surface area contributed by atoms with Crippen molar-refractivity contribution in [1.29, 1.82) is 0 Å². The number of ether oxygens (including phenoxy) is 1. The van der Waals surface area contributed by atoms with E-state index in [2.05, 4.69) is 6.20 Å². The molecular weight excluding hydrogens is 514 g/mol. The molecule has 0 saturated heterocycles. The second kappa shape index (κ2) is 6.86. The molecule has 2 aromatic carbocycles. The molecular formula is C16H8F6O5Te. The standard InChI is InChI=1S/C16H8F6O5Te/c17-15(18,19)13(23)26-28(27-14(24)16(20,21)22)11-7-3-1-5-9(11)25-10-6-2-4-8-12(10)28/h1-8H. The Kier molecular flexibility index (Phi) is 4.97. The van der Waals surface area contributed by atoms with Gasteiger partial charge in [0.25, 0.3) is 0 Å². The fourth-order valence-electron chi connectivity index (χ4n) is 2.25. The van der Waals surface area contributed by atoms with Crippen LogP contribution < -0.4 is 12.0 Å². The summed E-state index contributed by atoms with van der Waals surface area (Å²) in [4.78, 5) is 23.2. The summed E-state index contributed by atoms with van der Waals surface area (Å²) in [6, 6.07) is 10.0. The molecule has 0 fully saturated rings. The van der Waals surface area contributed by atoms with Gasteiger partial charge in [0.2, 0.25) is 0 Å². The summed E-state index contributed by atoms with van der Waals surface area (Å²) < 4.78 is 91.1. The average Bonchev–Trinajstić information content (AvgIpc) is 2.60. The molecule has 5 nitrogen and oxygen atoms in total. The zero-order chi connectivity index (χ0) is 20.7. The van der Waals surface area contributed by atoms with Crippen molar-refractivity contribution in [1.82, 2.24) is 0 Å². The minimum absolute atomic E-state index is 0.174. The molecule has 0 aliphatic carbocycles. The van der Waals surface area contributed by atoms with E-state index in [4.69, 9.17) is 4.74 Å². The number of carbonyl (C=O) groups excluding carboxylic acids is 2. The molecule has 0 unspecified atom stereocenters. The van der Waals surface area contributed by atoms with E-state index < -0.39 is 43.3 Å². The molecule has 150 valence electrons. The molecule has 12 heteroatoms. The van der Waals surface area contributed by atoms with Crippen LogP contribution in [0.2, 0.25) is 0 Å². The number of halogens is 6. The van der Waals surface area contributed by atoms with E-state index in [9.17, 15) is 35.9 Å². The Hall–Kier alpha value is -2.45. The van der Waals surface area contributed by atoms with E-state index in [0.717, 1.165) is 12.1 Å². The van der Waals surface area contributed by atoms with Crippen molar-refractivity contribution in [2.24, 2.45) is 0 Å². The zero-order valence-corrected chi connectivity index (χ0v) is 15.7. The molecule has 2 aromatic rings. The first-order valence-electron chi connectivity index (χ1n) is 7.25. The Morgan fingerprint density at radius 2 is 1.07 bits per heavy atom. The third-order valence-corrected chi connectivity index (χ3v) is 10.8. The van der Waals surface area contributed by atoms with Crippen LogP contribution in [-0.2, 0) is 15.8 Å². The number of para-hydroxylation sites is 2. The summed E-state index contributed by atoms with van der Waals surface area (Å²) in [7, 11) is 0. The van der Waals surface area contributed by atoms with Crippen molar-refractivity contribution in [2.75, 3.05) is 0 Å². The summed E-state index contributed by atoms with van der Waals surface area (Å²) in [6.45, 7) is 0. The fraction of sp³-hybridized carbons (Fsp3) is 0.125. The van der Waals surface area contributed by atoms with E-state index in [0.29, 0.717) is 0 Å². The van der Waals surface area contributed by atoms with Gasteiger partial charge in [0, 0.05) is 0 Å². The molecule has 3 rings (SSSR count). The third-order valence-electron chi connectivity index (χ3n) is 3.35. The van der Waals surface area contributed by atoms with Crippen LogP contribution in [0.3, 0.4) is 0 Å². The van der Waals surface area contributed by atoms with Crippen LogP contribution in [0.1, 0.15) is 0 Å². The number of hydrogen-bond acceptors (Lipinski definition) is 5. The van der Waals surface area contributed by atoms with Crippen molar-refractivity contribution in [3.63, 3.8) is 0 Å². The third kappa shape index (κ3) is 3.62. The molecule has 0 aromatic heterocycles. The Bertz CT molecular complexity index is 864. The number of hydrogen-bond donors (Lipinski definition) is 0. The fourth-order valence-corrected chi connectivity index (χ4v) is 9.42. The van der Waals surface area contributed by atoms with E-state index in [1.165, 1.54) is 36.4 Å². The predicted octanol–water partition coefficient (Wildman–Crippen LogP) is 2.56. The maximum atomic E-state index is 12.9. The molecule has 1 heterocycles. The van der Waals surface area contributed by atoms with Crippen LogP contribution >= 0.6 is 0 Å². The van der Waals surface area contributed by atoms with Gasteiger partial charge in [0.05, 0.1) is 0 Å². The monoisotopic (exact) mass is 524 g/mol. The first-order valence-corrected chi connectivity index (χ1v) is 11.5. The van der Waals surface area contributed by atoms with Crippen LogP contribution in [0.5, 0.6) is 11.5 Å². The number of carbonyl (C=O) groups is 2. The van der Waals surface area contributed by atoms with Crippen molar-refractivity contribution >= 4 is 38.2 Å². The molecule has 0 bridgehead atoms. The summed E-state index contributed by atoms with van der Waals surface area (Å²) in [5.41, 5.74) is 0. The first-order chi connectivity index (χ1) is 12.9. The summed E-state index contributed by atoms with van der Waals surface area (Å²) in [5, 5.41) is 0.